The van der Waals surface area contributed by atoms with Crippen LogP contribution in [0, 0.1) is 0 Å². The Morgan fingerprint density at radius 3 is 2.62 bits per heavy atom. The molecule has 37 heavy (non-hydrogen) atoms. The summed E-state index contributed by atoms with van der Waals surface area (Å²) in [7, 11) is 3.50. The molecule has 1 aliphatic carbocycles. The Balaban J connectivity index is 1.47. The Morgan fingerprint density at radius 1 is 1.08 bits per heavy atom. The van der Waals surface area contributed by atoms with Crippen molar-refractivity contribution in [3.63, 3.8) is 0 Å². The third-order valence-corrected chi connectivity index (χ3v) is 6.77. The molecule has 12 heteroatoms. The van der Waals surface area contributed by atoms with Crippen molar-refractivity contribution in [3.8, 4) is 0 Å². The van der Waals surface area contributed by atoms with Gasteiger partial charge < -0.3 is 5.73 Å². The molecule has 1 atom stereocenters. The van der Waals surface area contributed by atoms with Crippen molar-refractivity contribution in [2.45, 2.75) is 25.1 Å². The molecule has 0 spiro atoms. The van der Waals surface area contributed by atoms with Gasteiger partial charge in [-0.3, -0.25) is 19.1 Å². The summed E-state index contributed by atoms with van der Waals surface area (Å²) < 4.78 is 42.9. The monoisotopic (exact) mass is 506 g/mol. The number of nitrogens with two attached hydrogens (primary N) is 1. The number of benzene rings is 1. The van der Waals surface area contributed by atoms with E-state index in [0.717, 1.165) is 16.8 Å². The summed E-state index contributed by atoms with van der Waals surface area (Å²) >= 11 is 0. The maximum Gasteiger partial charge on any atom is 0.433 e. The Bertz CT molecular complexity index is 1700. The summed E-state index contributed by atoms with van der Waals surface area (Å²) in [5.41, 5.74) is 8.34. The third-order valence-electron chi connectivity index (χ3n) is 6.77. The molecule has 0 bridgehead atoms. The van der Waals surface area contributed by atoms with Crippen LogP contribution < -0.4 is 10.6 Å². The van der Waals surface area contributed by atoms with Crippen LogP contribution in [0.1, 0.15) is 39.8 Å². The predicted octanol–water partition coefficient (Wildman–Crippen LogP) is 4.19. The van der Waals surface area contributed by atoms with Gasteiger partial charge in [0.2, 0.25) is 0 Å². The average Bonchev–Trinajstić information content (AvgIpc) is 3.58. The molecule has 9 nitrogen and oxygen atoms in total. The van der Waals surface area contributed by atoms with Crippen LogP contribution in [0.3, 0.4) is 0 Å². The molecule has 0 aliphatic heterocycles. The van der Waals surface area contributed by atoms with Gasteiger partial charge >= 0.3 is 6.18 Å². The Kier molecular flexibility index (Phi) is 4.97. The largest absolute Gasteiger partial charge is 0.433 e. The number of rotatable bonds is 3. The minimum atomic E-state index is -4.54. The molecule has 4 heterocycles. The number of carbonyl (C=O) groups is 1. The minimum Gasteiger partial charge on any atom is -0.382 e. The fourth-order valence-electron chi connectivity index (χ4n) is 5.08. The van der Waals surface area contributed by atoms with Gasteiger partial charge in [-0.1, -0.05) is 6.07 Å². The summed E-state index contributed by atoms with van der Waals surface area (Å²) in [6, 6.07) is 7.04. The van der Waals surface area contributed by atoms with Gasteiger partial charge in [0.15, 0.2) is 0 Å². The van der Waals surface area contributed by atoms with E-state index in [1.54, 1.807) is 65.1 Å². The highest BCUT2D eigenvalue weighted by Crippen LogP contribution is 2.40. The number of nitrogen functional groups attached to an aromatic ring is 1. The first-order valence-electron chi connectivity index (χ1n) is 11.5. The molecule has 188 valence electrons. The van der Waals surface area contributed by atoms with E-state index in [9.17, 15) is 18.0 Å². The molecule has 0 saturated heterocycles. The molecule has 1 aromatic carbocycles. The van der Waals surface area contributed by atoms with Crippen LogP contribution >= 0.6 is 0 Å². The normalized spacial score (nSPS) is 15.4. The Hall–Kier alpha value is -4.48. The van der Waals surface area contributed by atoms with Crippen LogP contribution in [0.15, 0.2) is 48.9 Å². The molecule has 4 aromatic heterocycles. The van der Waals surface area contributed by atoms with Crippen LogP contribution in [0.4, 0.5) is 24.7 Å². The van der Waals surface area contributed by atoms with Crippen molar-refractivity contribution < 1.29 is 18.0 Å². The van der Waals surface area contributed by atoms with Crippen LogP contribution in [0.2, 0.25) is 0 Å². The van der Waals surface area contributed by atoms with Crippen molar-refractivity contribution in [2.75, 3.05) is 10.6 Å². The number of nitrogens with zero attached hydrogens (tertiary/aromatic N) is 7. The minimum absolute atomic E-state index is 0.318. The summed E-state index contributed by atoms with van der Waals surface area (Å²) in [6.07, 6.45) is 1.17. The third kappa shape index (κ3) is 3.67. The zero-order chi connectivity index (χ0) is 26.1. The van der Waals surface area contributed by atoms with Gasteiger partial charge in [-0.15, -0.1) is 0 Å². The highest BCUT2D eigenvalue weighted by molar-refractivity contribution is 6.13. The quantitative estimate of drug-likeness (QED) is 0.393. The standard InChI is InChI=1S/C25H21F3N8O/c1-34-12-14(10-30-34)36(20-7-6-18-15(20)4-8-21(32-18)25(26,27)28)24(37)13-3-5-19-16(9-13)17-11-31-35(2)22(17)23(29)33-19/h3-5,8-12,20H,6-7H2,1-2H3,(H2,29,33). The number of aromatic nitrogens is 6. The van der Waals surface area contributed by atoms with Crippen LogP contribution in [-0.2, 0) is 26.7 Å². The number of alkyl halides is 3. The van der Waals surface area contributed by atoms with E-state index in [2.05, 4.69) is 20.2 Å². The Labute approximate surface area is 208 Å². The lowest BCUT2D eigenvalue weighted by molar-refractivity contribution is -0.141. The number of hydrogen-bond donors (Lipinski definition) is 1. The lowest BCUT2D eigenvalue weighted by Crippen LogP contribution is -2.34. The maximum absolute atomic E-state index is 14.1. The van der Waals surface area contributed by atoms with E-state index < -0.39 is 17.9 Å². The molecule has 0 fully saturated rings. The number of pyridine rings is 2. The number of carbonyl (C=O) groups excluding carboxylic acids is 1. The van der Waals surface area contributed by atoms with Crippen molar-refractivity contribution in [1.82, 2.24) is 29.5 Å². The number of aryl methyl sites for hydroxylation is 3. The zero-order valence-electron chi connectivity index (χ0n) is 19.9. The number of fused-ring (bicyclic) bond motifs is 4. The van der Waals surface area contributed by atoms with E-state index in [1.165, 1.54) is 6.07 Å². The smallest absolute Gasteiger partial charge is 0.382 e. The summed E-state index contributed by atoms with van der Waals surface area (Å²) in [4.78, 5) is 24.0. The van der Waals surface area contributed by atoms with E-state index in [0.29, 0.717) is 52.2 Å². The summed E-state index contributed by atoms with van der Waals surface area (Å²) in [5, 5.41) is 9.98. The van der Waals surface area contributed by atoms with Crippen molar-refractivity contribution in [2.24, 2.45) is 14.1 Å². The molecule has 0 radical (unpaired) electrons. The van der Waals surface area contributed by atoms with Gasteiger partial charge in [0.25, 0.3) is 5.91 Å². The van der Waals surface area contributed by atoms with Crippen LogP contribution in [0.25, 0.3) is 21.8 Å². The highest BCUT2D eigenvalue weighted by Gasteiger charge is 2.38. The van der Waals surface area contributed by atoms with Gasteiger partial charge in [0, 0.05) is 42.3 Å². The van der Waals surface area contributed by atoms with Crippen LogP contribution in [0.5, 0.6) is 0 Å². The van der Waals surface area contributed by atoms with Crippen molar-refractivity contribution in [1.29, 1.82) is 0 Å². The lowest BCUT2D eigenvalue weighted by atomic mass is 10.0. The zero-order valence-corrected chi connectivity index (χ0v) is 19.9. The average molecular weight is 506 g/mol. The SMILES string of the molecule is Cn1cc(N(C(=O)c2ccc3nc(N)c4c(cnn4C)c3c2)C2CCc3nc(C(F)(F)F)ccc32)cn1. The van der Waals surface area contributed by atoms with E-state index in [-0.39, 0.29) is 5.91 Å². The lowest BCUT2D eigenvalue weighted by Gasteiger charge is -2.28. The molecule has 1 amide bonds. The second kappa shape index (κ2) is 8.02. The molecule has 1 unspecified atom stereocenters. The molecular formula is C25H21F3N8O. The highest BCUT2D eigenvalue weighted by atomic mass is 19.4. The predicted molar refractivity (Wildman–Crippen MR) is 131 cm³/mol. The molecule has 6 rings (SSSR count). The molecule has 1 aliphatic rings. The fraction of sp³-hybridized carbons (Fsp3) is 0.240. The van der Waals surface area contributed by atoms with Gasteiger partial charge in [0.05, 0.1) is 29.6 Å². The molecule has 2 N–H and O–H groups in total. The topological polar surface area (TPSA) is 108 Å². The molecule has 0 saturated carbocycles. The summed E-state index contributed by atoms with van der Waals surface area (Å²) in [6.45, 7) is 0. The fourth-order valence-corrected chi connectivity index (χ4v) is 5.08. The van der Waals surface area contributed by atoms with Gasteiger partial charge in [0.1, 0.15) is 17.0 Å². The molecule has 5 aromatic rings. The van der Waals surface area contributed by atoms with E-state index in [4.69, 9.17) is 5.73 Å². The second-order valence-corrected chi connectivity index (χ2v) is 9.09. The first-order chi connectivity index (χ1) is 17.6. The van der Waals surface area contributed by atoms with Crippen molar-refractivity contribution in [3.05, 3.63) is 71.4 Å². The molecular weight excluding hydrogens is 485 g/mol. The first kappa shape index (κ1) is 23.0. The van der Waals surface area contributed by atoms with E-state index in [1.807, 2.05) is 0 Å². The van der Waals surface area contributed by atoms with Gasteiger partial charge in [-0.2, -0.15) is 23.4 Å². The van der Waals surface area contributed by atoms with Crippen LogP contribution in [-0.4, -0.2) is 35.4 Å². The van der Waals surface area contributed by atoms with Crippen molar-refractivity contribution >= 4 is 39.2 Å². The summed E-state index contributed by atoms with van der Waals surface area (Å²) in [5.74, 6) is 0.0216. The maximum atomic E-state index is 14.1. The van der Waals surface area contributed by atoms with Gasteiger partial charge in [-0.05, 0) is 42.7 Å². The number of anilines is 2. The Morgan fingerprint density at radius 2 is 1.89 bits per heavy atom. The number of hydrogen-bond acceptors (Lipinski definition) is 6. The number of amides is 1. The number of halogens is 3. The second-order valence-electron chi connectivity index (χ2n) is 9.09. The first-order valence-corrected chi connectivity index (χ1v) is 11.5. The van der Waals surface area contributed by atoms with E-state index >= 15 is 0 Å². The van der Waals surface area contributed by atoms with Gasteiger partial charge in [-0.25, -0.2) is 9.97 Å².